The van der Waals surface area contributed by atoms with E-state index in [4.69, 9.17) is 9.47 Å². The third-order valence-corrected chi connectivity index (χ3v) is 7.60. The van der Waals surface area contributed by atoms with Crippen LogP contribution < -0.4 is 0 Å². The van der Waals surface area contributed by atoms with Crippen molar-refractivity contribution in [3.8, 4) is 0 Å². The first-order valence-corrected chi connectivity index (χ1v) is 18.2. The van der Waals surface area contributed by atoms with E-state index in [1.165, 1.54) is 83.5 Å². The molecule has 0 aromatic rings. The summed E-state index contributed by atoms with van der Waals surface area (Å²) in [5, 5.41) is 9.52. The standard InChI is InChI=1S/C39H68O5/c1-3-5-7-9-11-13-15-17-19-21-23-25-27-29-31-33-38(41)43-36-37(35-40)44-39(42)34-32-30-28-26-24-22-20-18-16-14-12-10-8-6-4-2/h12,14,17-20,24,26,37,40H,3-11,13,15-16,21-23,25,27-36H2,1-2H3/t37-/m0/s1. The summed E-state index contributed by atoms with van der Waals surface area (Å²) in [4.78, 5) is 24.2. The Bertz CT molecular complexity index is 752. The maximum absolute atomic E-state index is 12.1. The summed E-state index contributed by atoms with van der Waals surface area (Å²) in [7, 11) is 0. The van der Waals surface area contributed by atoms with Crippen LogP contribution in [-0.2, 0) is 19.1 Å². The van der Waals surface area contributed by atoms with Gasteiger partial charge in [0.1, 0.15) is 6.61 Å². The van der Waals surface area contributed by atoms with Gasteiger partial charge >= 0.3 is 11.9 Å². The molecule has 254 valence electrons. The van der Waals surface area contributed by atoms with Crippen molar-refractivity contribution in [2.75, 3.05) is 13.2 Å². The molecule has 44 heavy (non-hydrogen) atoms. The summed E-state index contributed by atoms with van der Waals surface area (Å²) in [5.41, 5.74) is 0. The predicted octanol–water partition coefficient (Wildman–Crippen LogP) is 11.1. The minimum Gasteiger partial charge on any atom is -0.462 e. The Labute approximate surface area is 271 Å². The summed E-state index contributed by atoms with van der Waals surface area (Å²) >= 11 is 0. The molecule has 1 N–H and O–H groups in total. The minimum atomic E-state index is -0.793. The fraction of sp³-hybridized carbons (Fsp3) is 0.744. The average molecular weight is 617 g/mol. The number of aliphatic hydroxyl groups is 1. The number of aliphatic hydroxyl groups excluding tert-OH is 1. The highest BCUT2D eigenvalue weighted by molar-refractivity contribution is 5.70. The first kappa shape index (κ1) is 41.9. The highest BCUT2D eigenvalue weighted by Crippen LogP contribution is 2.11. The van der Waals surface area contributed by atoms with Gasteiger partial charge in [-0.15, -0.1) is 0 Å². The fourth-order valence-corrected chi connectivity index (χ4v) is 4.79. The Morgan fingerprint density at radius 2 is 0.909 bits per heavy atom. The quantitative estimate of drug-likeness (QED) is 0.0462. The van der Waals surface area contributed by atoms with E-state index in [1.54, 1.807) is 0 Å². The number of hydrogen-bond donors (Lipinski definition) is 1. The van der Waals surface area contributed by atoms with Crippen LogP contribution in [0.4, 0.5) is 0 Å². The van der Waals surface area contributed by atoms with E-state index in [1.807, 2.05) is 0 Å². The summed E-state index contributed by atoms with van der Waals surface area (Å²) in [6.07, 6.45) is 43.1. The molecule has 0 saturated heterocycles. The van der Waals surface area contributed by atoms with Crippen molar-refractivity contribution >= 4 is 11.9 Å². The second-order valence-electron chi connectivity index (χ2n) is 11.9. The van der Waals surface area contributed by atoms with Gasteiger partial charge in [-0.3, -0.25) is 9.59 Å². The Balaban J connectivity index is 3.67. The van der Waals surface area contributed by atoms with Crippen molar-refractivity contribution in [1.82, 2.24) is 0 Å². The molecule has 0 rings (SSSR count). The maximum atomic E-state index is 12.1. The van der Waals surface area contributed by atoms with Gasteiger partial charge in [-0.05, 0) is 77.0 Å². The smallest absolute Gasteiger partial charge is 0.306 e. The maximum Gasteiger partial charge on any atom is 0.306 e. The molecule has 0 saturated carbocycles. The first-order chi connectivity index (χ1) is 21.6. The van der Waals surface area contributed by atoms with Crippen molar-refractivity contribution in [2.24, 2.45) is 0 Å². The number of rotatable bonds is 32. The molecule has 0 aliphatic heterocycles. The number of ether oxygens (including phenoxy) is 2. The molecule has 0 fully saturated rings. The highest BCUT2D eigenvalue weighted by Gasteiger charge is 2.16. The minimum absolute atomic E-state index is 0.0863. The monoisotopic (exact) mass is 617 g/mol. The van der Waals surface area contributed by atoms with Crippen molar-refractivity contribution in [1.29, 1.82) is 0 Å². The summed E-state index contributed by atoms with van der Waals surface area (Å²) in [5.74, 6) is -0.648. The molecule has 0 aliphatic rings. The third kappa shape index (κ3) is 32.8. The molecule has 0 aliphatic carbocycles. The SMILES string of the molecule is CCCCCC=CCC=CCC=CCCCCC(=O)O[C@@H](CO)COC(=O)CCCCCCCC=CCCCCCCCC. The van der Waals surface area contributed by atoms with Gasteiger partial charge in [0.05, 0.1) is 6.61 Å². The van der Waals surface area contributed by atoms with Crippen LogP contribution in [0, 0.1) is 0 Å². The van der Waals surface area contributed by atoms with Gasteiger partial charge in [0, 0.05) is 12.8 Å². The molecule has 0 bridgehead atoms. The lowest BCUT2D eigenvalue weighted by atomic mass is 10.1. The zero-order chi connectivity index (χ0) is 32.2. The molecule has 0 aromatic heterocycles. The molecule has 0 radical (unpaired) electrons. The fourth-order valence-electron chi connectivity index (χ4n) is 4.79. The van der Waals surface area contributed by atoms with Crippen molar-refractivity contribution in [2.45, 2.75) is 174 Å². The molecule has 0 spiro atoms. The predicted molar refractivity (Wildman–Crippen MR) is 187 cm³/mol. The van der Waals surface area contributed by atoms with E-state index < -0.39 is 6.10 Å². The van der Waals surface area contributed by atoms with Crippen LogP contribution in [-0.4, -0.2) is 36.4 Å². The summed E-state index contributed by atoms with van der Waals surface area (Å²) in [6.45, 7) is 4.05. The number of unbranched alkanes of at least 4 members (excludes halogenated alkanes) is 16. The molecule has 0 amide bonds. The van der Waals surface area contributed by atoms with Crippen LogP contribution in [0.2, 0.25) is 0 Å². The lowest BCUT2D eigenvalue weighted by Crippen LogP contribution is -2.28. The summed E-state index contributed by atoms with van der Waals surface area (Å²) < 4.78 is 10.5. The lowest BCUT2D eigenvalue weighted by Gasteiger charge is -2.15. The number of carbonyl (C=O) groups excluding carboxylic acids is 2. The Morgan fingerprint density at radius 3 is 1.48 bits per heavy atom. The number of hydrogen-bond acceptors (Lipinski definition) is 5. The van der Waals surface area contributed by atoms with Crippen LogP contribution in [0.3, 0.4) is 0 Å². The van der Waals surface area contributed by atoms with Crippen LogP contribution in [0.5, 0.6) is 0 Å². The van der Waals surface area contributed by atoms with Gasteiger partial charge in [-0.1, -0.05) is 127 Å². The van der Waals surface area contributed by atoms with Gasteiger partial charge in [-0.25, -0.2) is 0 Å². The van der Waals surface area contributed by atoms with E-state index in [2.05, 4.69) is 62.5 Å². The second-order valence-corrected chi connectivity index (χ2v) is 11.9. The molecule has 1 atom stereocenters. The Hall–Kier alpha value is -2.14. The van der Waals surface area contributed by atoms with Crippen LogP contribution >= 0.6 is 0 Å². The topological polar surface area (TPSA) is 72.8 Å². The first-order valence-electron chi connectivity index (χ1n) is 18.2. The lowest BCUT2D eigenvalue weighted by molar-refractivity contribution is -0.161. The van der Waals surface area contributed by atoms with Crippen LogP contribution in [0.15, 0.2) is 48.6 Å². The molecular formula is C39H68O5. The molecule has 5 heteroatoms. The van der Waals surface area contributed by atoms with Gasteiger partial charge in [0.25, 0.3) is 0 Å². The van der Waals surface area contributed by atoms with E-state index in [-0.39, 0.29) is 25.2 Å². The molecule has 0 aromatic carbocycles. The Kier molecular flexibility index (Phi) is 33.6. The second kappa shape index (κ2) is 35.3. The van der Waals surface area contributed by atoms with E-state index in [0.29, 0.717) is 12.8 Å². The van der Waals surface area contributed by atoms with E-state index in [9.17, 15) is 14.7 Å². The zero-order valence-electron chi connectivity index (χ0n) is 28.7. The van der Waals surface area contributed by atoms with E-state index in [0.717, 1.165) is 57.8 Å². The number of carbonyl (C=O) groups is 2. The highest BCUT2D eigenvalue weighted by atomic mass is 16.6. The number of allylic oxidation sites excluding steroid dienone is 8. The third-order valence-electron chi connectivity index (χ3n) is 7.60. The average Bonchev–Trinajstić information content (AvgIpc) is 3.02. The van der Waals surface area contributed by atoms with Gasteiger partial charge in [0.2, 0.25) is 0 Å². The largest absolute Gasteiger partial charge is 0.462 e. The van der Waals surface area contributed by atoms with Crippen LogP contribution in [0.25, 0.3) is 0 Å². The molecule has 0 unspecified atom stereocenters. The summed E-state index contributed by atoms with van der Waals surface area (Å²) in [6, 6.07) is 0. The van der Waals surface area contributed by atoms with Crippen LogP contribution in [0.1, 0.15) is 168 Å². The zero-order valence-corrected chi connectivity index (χ0v) is 28.7. The van der Waals surface area contributed by atoms with Gasteiger partial charge in [0.15, 0.2) is 6.10 Å². The van der Waals surface area contributed by atoms with Crippen molar-refractivity contribution in [3.63, 3.8) is 0 Å². The Morgan fingerprint density at radius 1 is 0.523 bits per heavy atom. The normalized spacial score (nSPS) is 12.7. The van der Waals surface area contributed by atoms with Gasteiger partial charge in [-0.2, -0.15) is 0 Å². The van der Waals surface area contributed by atoms with Crippen molar-refractivity contribution in [3.05, 3.63) is 48.6 Å². The van der Waals surface area contributed by atoms with E-state index >= 15 is 0 Å². The van der Waals surface area contributed by atoms with Crippen molar-refractivity contribution < 1.29 is 24.2 Å². The molecule has 5 nitrogen and oxygen atoms in total. The van der Waals surface area contributed by atoms with Gasteiger partial charge < -0.3 is 14.6 Å². The number of esters is 2. The molecule has 0 heterocycles. The molecular weight excluding hydrogens is 548 g/mol.